The van der Waals surface area contributed by atoms with E-state index in [2.05, 4.69) is 33.5 Å². The Balaban J connectivity index is 1.21. The molecule has 154 valence electrons. The van der Waals surface area contributed by atoms with E-state index in [9.17, 15) is 9.59 Å². The van der Waals surface area contributed by atoms with Gasteiger partial charge in [-0.05, 0) is 60.6 Å². The van der Waals surface area contributed by atoms with Crippen LogP contribution in [0.4, 0.5) is 0 Å². The first-order valence-corrected chi connectivity index (χ1v) is 10.7. The molecule has 1 aliphatic carbocycles. The average Bonchev–Trinajstić information content (AvgIpc) is 3.33. The van der Waals surface area contributed by atoms with E-state index in [4.69, 9.17) is 0 Å². The summed E-state index contributed by atoms with van der Waals surface area (Å²) in [4.78, 5) is 34.4. The van der Waals surface area contributed by atoms with Crippen molar-refractivity contribution in [2.75, 3.05) is 6.54 Å². The lowest BCUT2D eigenvalue weighted by Gasteiger charge is -2.16. The van der Waals surface area contributed by atoms with Crippen LogP contribution >= 0.6 is 0 Å². The molecular weight excluding hydrogens is 376 g/mol. The van der Waals surface area contributed by atoms with Crippen LogP contribution in [0.25, 0.3) is 10.9 Å². The van der Waals surface area contributed by atoms with E-state index in [0.717, 1.165) is 24.0 Å². The Morgan fingerprint density at radius 3 is 2.97 bits per heavy atom. The van der Waals surface area contributed by atoms with Gasteiger partial charge in [0.1, 0.15) is 0 Å². The van der Waals surface area contributed by atoms with Gasteiger partial charge in [-0.15, -0.1) is 0 Å². The highest BCUT2D eigenvalue weighted by Gasteiger charge is 2.34. The fraction of sp³-hybridized carbons (Fsp3) is 0.375. The van der Waals surface area contributed by atoms with Crippen LogP contribution in [0.5, 0.6) is 0 Å². The lowest BCUT2D eigenvalue weighted by atomic mass is 9.95. The molecule has 1 aromatic carbocycles. The summed E-state index contributed by atoms with van der Waals surface area (Å²) < 4.78 is 0. The number of rotatable bonds is 5. The summed E-state index contributed by atoms with van der Waals surface area (Å²) >= 11 is 0. The number of nitrogens with zero attached hydrogens (tertiary/aromatic N) is 2. The fourth-order valence-corrected chi connectivity index (χ4v) is 4.71. The van der Waals surface area contributed by atoms with Crippen LogP contribution in [-0.4, -0.2) is 33.2 Å². The molecule has 1 atom stereocenters. The Bertz CT molecular complexity index is 1090. The van der Waals surface area contributed by atoms with E-state index in [0.29, 0.717) is 19.6 Å². The van der Waals surface area contributed by atoms with Gasteiger partial charge in [0.2, 0.25) is 11.8 Å². The highest BCUT2D eigenvalue weighted by molar-refractivity contribution is 5.89. The lowest BCUT2D eigenvalue weighted by Crippen LogP contribution is -2.32. The molecule has 0 unspecified atom stereocenters. The zero-order valence-electron chi connectivity index (χ0n) is 17.0. The third-order valence-corrected chi connectivity index (χ3v) is 6.31. The summed E-state index contributed by atoms with van der Waals surface area (Å²) in [6, 6.07) is 10.2. The molecule has 0 radical (unpaired) electrons. The summed E-state index contributed by atoms with van der Waals surface area (Å²) in [5.74, 6) is -0.314. The quantitative estimate of drug-likeness (QED) is 0.688. The van der Waals surface area contributed by atoms with E-state index in [1.807, 2.05) is 12.1 Å². The van der Waals surface area contributed by atoms with Gasteiger partial charge in [0.05, 0.1) is 5.92 Å². The van der Waals surface area contributed by atoms with Crippen molar-refractivity contribution in [3.8, 4) is 0 Å². The number of nitrogens with one attached hydrogen (secondary N) is 2. The van der Waals surface area contributed by atoms with Crippen LogP contribution in [0, 0.1) is 5.92 Å². The molecule has 2 N–H and O–H groups in total. The summed E-state index contributed by atoms with van der Waals surface area (Å²) in [7, 11) is 0. The number of aryl methyl sites for hydroxylation is 2. The molecule has 2 aliphatic rings. The van der Waals surface area contributed by atoms with Crippen LogP contribution in [0.1, 0.15) is 41.6 Å². The molecule has 3 heterocycles. The van der Waals surface area contributed by atoms with Crippen molar-refractivity contribution >= 4 is 22.7 Å². The Labute approximate surface area is 175 Å². The molecule has 1 aliphatic heterocycles. The number of hydrogen-bond acceptors (Lipinski definition) is 3. The zero-order chi connectivity index (χ0) is 20.5. The number of pyridine rings is 1. The molecule has 0 bridgehead atoms. The van der Waals surface area contributed by atoms with Crippen molar-refractivity contribution in [3.63, 3.8) is 0 Å². The molecule has 30 heavy (non-hydrogen) atoms. The Kier molecular flexibility index (Phi) is 4.99. The monoisotopic (exact) mass is 402 g/mol. The maximum Gasteiger partial charge on any atom is 0.225 e. The molecule has 2 amide bonds. The Morgan fingerprint density at radius 1 is 1.20 bits per heavy atom. The van der Waals surface area contributed by atoms with Gasteiger partial charge < -0.3 is 15.2 Å². The third-order valence-electron chi connectivity index (χ3n) is 6.31. The largest absolute Gasteiger partial charge is 0.358 e. The molecule has 3 aromatic rings. The summed E-state index contributed by atoms with van der Waals surface area (Å²) in [5, 5.41) is 4.33. The molecule has 5 rings (SSSR count). The molecule has 0 saturated carbocycles. The fourth-order valence-electron chi connectivity index (χ4n) is 4.71. The first-order chi connectivity index (χ1) is 14.7. The third kappa shape index (κ3) is 3.70. The number of aromatic nitrogens is 2. The molecule has 0 spiro atoms. The SMILES string of the molecule is O=C(NCc1ccc2[nH]c3c(c2c1)CCCC3)[C@H]1CC(=O)N(Cc2cccnc2)C1. The van der Waals surface area contributed by atoms with Crippen molar-refractivity contribution in [1.82, 2.24) is 20.2 Å². The minimum Gasteiger partial charge on any atom is -0.358 e. The number of benzene rings is 1. The molecular formula is C24H26N4O2. The van der Waals surface area contributed by atoms with Crippen LogP contribution in [0.3, 0.4) is 0 Å². The lowest BCUT2D eigenvalue weighted by molar-refractivity contribution is -0.129. The second-order valence-corrected chi connectivity index (χ2v) is 8.42. The number of carbonyl (C=O) groups excluding carboxylic acids is 2. The van der Waals surface area contributed by atoms with Gasteiger partial charge in [0.25, 0.3) is 0 Å². The topological polar surface area (TPSA) is 78.1 Å². The number of amides is 2. The number of likely N-dealkylation sites (tertiary alicyclic amines) is 1. The average molecular weight is 402 g/mol. The zero-order valence-corrected chi connectivity index (χ0v) is 17.0. The van der Waals surface area contributed by atoms with E-state index >= 15 is 0 Å². The minimum absolute atomic E-state index is 0.0272. The van der Waals surface area contributed by atoms with Crippen molar-refractivity contribution in [2.24, 2.45) is 5.92 Å². The predicted octanol–water partition coefficient (Wildman–Crippen LogP) is 3.11. The predicted molar refractivity (Wildman–Crippen MR) is 115 cm³/mol. The number of aromatic amines is 1. The molecule has 1 fully saturated rings. The van der Waals surface area contributed by atoms with Gasteiger partial charge in [-0.3, -0.25) is 14.6 Å². The van der Waals surface area contributed by atoms with Crippen LogP contribution in [0.15, 0.2) is 42.7 Å². The van der Waals surface area contributed by atoms with E-state index in [1.54, 1.807) is 17.3 Å². The molecule has 6 heteroatoms. The standard InChI is InChI=1S/C24H26N4O2/c29-23-11-18(15-28(23)14-17-4-3-9-25-12-17)24(30)26-13-16-7-8-22-20(10-16)19-5-1-2-6-21(19)27-22/h3-4,7-10,12,18,27H,1-2,5-6,11,13-15H2,(H,26,30)/t18-/m0/s1. The van der Waals surface area contributed by atoms with Crippen molar-refractivity contribution in [2.45, 2.75) is 45.2 Å². The van der Waals surface area contributed by atoms with Crippen LogP contribution < -0.4 is 5.32 Å². The molecule has 1 saturated heterocycles. The maximum atomic E-state index is 12.7. The number of carbonyl (C=O) groups is 2. The smallest absolute Gasteiger partial charge is 0.225 e. The normalized spacial score (nSPS) is 18.6. The van der Waals surface area contributed by atoms with Gasteiger partial charge in [0.15, 0.2) is 0 Å². The van der Waals surface area contributed by atoms with Crippen molar-refractivity contribution in [1.29, 1.82) is 0 Å². The Hall–Kier alpha value is -3.15. The van der Waals surface area contributed by atoms with Crippen LogP contribution in [0.2, 0.25) is 0 Å². The van der Waals surface area contributed by atoms with Crippen LogP contribution in [-0.2, 0) is 35.5 Å². The van der Waals surface area contributed by atoms with Gasteiger partial charge in [-0.25, -0.2) is 0 Å². The molecule has 2 aromatic heterocycles. The second-order valence-electron chi connectivity index (χ2n) is 8.42. The first-order valence-electron chi connectivity index (χ1n) is 10.7. The number of H-pyrrole nitrogens is 1. The highest BCUT2D eigenvalue weighted by Crippen LogP contribution is 2.29. The van der Waals surface area contributed by atoms with Gasteiger partial charge in [0, 0.05) is 55.0 Å². The summed E-state index contributed by atoms with van der Waals surface area (Å²) in [5.41, 5.74) is 6.08. The number of fused-ring (bicyclic) bond motifs is 3. The number of hydrogen-bond donors (Lipinski definition) is 2. The van der Waals surface area contributed by atoms with E-state index in [1.165, 1.54) is 35.0 Å². The van der Waals surface area contributed by atoms with E-state index < -0.39 is 0 Å². The van der Waals surface area contributed by atoms with Gasteiger partial charge >= 0.3 is 0 Å². The highest BCUT2D eigenvalue weighted by atomic mass is 16.2. The van der Waals surface area contributed by atoms with Gasteiger partial charge in [-0.2, -0.15) is 0 Å². The second kappa shape index (κ2) is 7.94. The van der Waals surface area contributed by atoms with Crippen molar-refractivity contribution in [3.05, 3.63) is 65.1 Å². The summed E-state index contributed by atoms with van der Waals surface area (Å²) in [6.07, 6.45) is 8.50. The van der Waals surface area contributed by atoms with Crippen molar-refractivity contribution < 1.29 is 9.59 Å². The summed E-state index contributed by atoms with van der Waals surface area (Å²) in [6.45, 7) is 1.46. The first kappa shape index (κ1) is 18.9. The maximum absolute atomic E-state index is 12.7. The molecule has 6 nitrogen and oxygen atoms in total. The minimum atomic E-state index is -0.294. The van der Waals surface area contributed by atoms with Gasteiger partial charge in [-0.1, -0.05) is 12.1 Å². The van der Waals surface area contributed by atoms with E-state index in [-0.39, 0.29) is 24.2 Å². The Morgan fingerprint density at radius 2 is 2.10 bits per heavy atom.